The minimum Gasteiger partial charge on any atom is -0.493 e. The van der Waals surface area contributed by atoms with Crippen LogP contribution in [-0.2, 0) is 17.8 Å². The number of rotatable bonds is 7. The fourth-order valence-corrected chi connectivity index (χ4v) is 5.78. The Morgan fingerprint density at radius 2 is 1.74 bits per heavy atom. The molecule has 1 unspecified atom stereocenters. The van der Waals surface area contributed by atoms with Gasteiger partial charge in [0.25, 0.3) is 0 Å². The molecule has 0 bridgehead atoms. The molecule has 6 nitrogen and oxygen atoms in total. The molecule has 3 aromatic rings. The summed E-state index contributed by atoms with van der Waals surface area (Å²) in [6.45, 7) is 0.909. The van der Waals surface area contributed by atoms with Gasteiger partial charge in [-0.15, -0.1) is 0 Å². The molecule has 0 radical (unpaired) electrons. The Kier molecular flexibility index (Phi) is 8.13. The van der Waals surface area contributed by atoms with Gasteiger partial charge in [-0.1, -0.05) is 70.0 Å². The molecule has 2 atom stereocenters. The number of ether oxygens (including phenoxy) is 3. The number of fused-ring (bicyclic) bond motifs is 1. The van der Waals surface area contributed by atoms with Crippen molar-refractivity contribution in [2.24, 2.45) is 5.92 Å². The van der Waals surface area contributed by atoms with Gasteiger partial charge in [0.05, 0.1) is 7.11 Å². The van der Waals surface area contributed by atoms with E-state index in [1.54, 1.807) is 25.3 Å². The summed E-state index contributed by atoms with van der Waals surface area (Å²) >= 11 is 3.71. The van der Waals surface area contributed by atoms with Gasteiger partial charge in [-0.05, 0) is 60.7 Å². The Labute approximate surface area is 231 Å². The normalized spacial score (nSPS) is 18.8. The van der Waals surface area contributed by atoms with Crippen LogP contribution in [0.1, 0.15) is 30.4 Å². The van der Waals surface area contributed by atoms with Crippen LogP contribution >= 0.6 is 15.9 Å². The number of hydrogen-bond acceptors (Lipinski definition) is 5. The Balaban J connectivity index is 1.43. The molecule has 7 heteroatoms. The monoisotopic (exact) mass is 575 g/mol. The van der Waals surface area contributed by atoms with Crippen LogP contribution < -0.4 is 14.2 Å². The van der Waals surface area contributed by atoms with Gasteiger partial charge in [0.1, 0.15) is 12.4 Å². The maximum absolute atomic E-state index is 13.4. The zero-order chi connectivity index (χ0) is 26.5. The number of amides is 1. The van der Waals surface area contributed by atoms with E-state index >= 15 is 0 Å². The molecule has 1 heterocycles. The van der Waals surface area contributed by atoms with Crippen LogP contribution in [0.15, 0.2) is 88.9 Å². The van der Waals surface area contributed by atoms with E-state index in [0.717, 1.165) is 27.6 Å². The van der Waals surface area contributed by atoms with Crippen LogP contribution in [0, 0.1) is 5.92 Å². The van der Waals surface area contributed by atoms with Gasteiger partial charge in [-0.2, -0.15) is 0 Å². The summed E-state index contributed by atoms with van der Waals surface area (Å²) in [4.78, 5) is 27.4. The van der Waals surface area contributed by atoms with Crippen LogP contribution in [0.2, 0.25) is 0 Å². The highest BCUT2D eigenvalue weighted by molar-refractivity contribution is 9.10. The minimum atomic E-state index is -0.373. The minimum absolute atomic E-state index is 0.0902. The molecule has 1 amide bonds. The van der Waals surface area contributed by atoms with E-state index in [2.05, 4.69) is 15.9 Å². The number of halogens is 1. The number of carbonyl (C=O) groups is 2. The Morgan fingerprint density at radius 3 is 2.47 bits per heavy atom. The number of hydrogen-bond donors (Lipinski definition) is 0. The lowest BCUT2D eigenvalue weighted by atomic mass is 9.75. The molecule has 196 valence electrons. The average molecular weight is 576 g/mol. The van der Waals surface area contributed by atoms with Gasteiger partial charge in [-0.3, -0.25) is 4.79 Å². The highest BCUT2D eigenvalue weighted by Gasteiger charge is 2.40. The number of ketones is 1. The second kappa shape index (κ2) is 11.9. The first-order valence-corrected chi connectivity index (χ1v) is 13.6. The summed E-state index contributed by atoms with van der Waals surface area (Å²) in [7, 11) is 1.62. The molecule has 3 aromatic carbocycles. The van der Waals surface area contributed by atoms with Gasteiger partial charge < -0.3 is 19.1 Å². The lowest BCUT2D eigenvalue weighted by molar-refractivity contribution is -0.115. The first-order valence-electron chi connectivity index (χ1n) is 12.8. The lowest BCUT2D eigenvalue weighted by Gasteiger charge is -2.43. The maximum Gasteiger partial charge on any atom is 0.415 e. The number of benzene rings is 3. The zero-order valence-corrected chi connectivity index (χ0v) is 22.9. The van der Waals surface area contributed by atoms with Crippen molar-refractivity contribution in [1.82, 2.24) is 4.90 Å². The first-order chi connectivity index (χ1) is 18.5. The summed E-state index contributed by atoms with van der Waals surface area (Å²) in [5.41, 5.74) is 3.18. The molecule has 0 spiro atoms. The van der Waals surface area contributed by atoms with Gasteiger partial charge in [0, 0.05) is 29.4 Å². The number of piperidine rings is 1. The zero-order valence-electron chi connectivity index (χ0n) is 21.3. The second-order valence-electron chi connectivity index (χ2n) is 9.60. The number of carbonyl (C=O) groups excluding carboxylic acids is 2. The Hall–Kier alpha value is -3.58. The van der Waals surface area contributed by atoms with E-state index in [1.807, 2.05) is 65.6 Å². The molecule has 5 rings (SSSR count). The molecule has 1 aliphatic carbocycles. The van der Waals surface area contributed by atoms with Crippen molar-refractivity contribution in [1.29, 1.82) is 0 Å². The Morgan fingerprint density at radius 1 is 1.00 bits per heavy atom. The average Bonchev–Trinajstić information content (AvgIpc) is 2.94. The third-order valence-corrected chi connectivity index (χ3v) is 7.95. The summed E-state index contributed by atoms with van der Waals surface area (Å²) in [5, 5.41) is 0. The lowest BCUT2D eigenvalue weighted by Crippen LogP contribution is -2.52. The highest BCUT2D eigenvalue weighted by Crippen LogP contribution is 2.40. The topological polar surface area (TPSA) is 65.1 Å². The van der Waals surface area contributed by atoms with Crippen molar-refractivity contribution < 1.29 is 23.8 Å². The number of methoxy groups -OCH3 is 1. The predicted octanol–water partition coefficient (Wildman–Crippen LogP) is 6.76. The maximum atomic E-state index is 13.4. The molecule has 0 aromatic heterocycles. The van der Waals surface area contributed by atoms with Gasteiger partial charge in [0.15, 0.2) is 17.3 Å². The molecule has 0 saturated carbocycles. The third kappa shape index (κ3) is 5.94. The number of allylic oxidation sites excluding steroid dienone is 1. The molecule has 1 saturated heterocycles. The smallest absolute Gasteiger partial charge is 0.415 e. The molecule has 0 N–H and O–H groups in total. The van der Waals surface area contributed by atoms with Crippen LogP contribution in [0.5, 0.6) is 17.2 Å². The standard InChI is InChI=1S/C31H30BrNO5/c1-36-29-19-27(32)23(18-30(29)37-20-21-8-4-2-5-9-21)17-28-26-13-12-24(34)16-22(26)14-15-33(28)31(35)38-25-10-6-3-7-11-25/h2-11,16,18-19,26,28H,12-15,17,20H2,1H3/t26?,28-/m1/s1. The summed E-state index contributed by atoms with van der Waals surface area (Å²) in [5.74, 6) is 2.03. The van der Waals surface area contributed by atoms with Crippen molar-refractivity contribution in [3.63, 3.8) is 0 Å². The largest absolute Gasteiger partial charge is 0.493 e. The quantitative estimate of drug-likeness (QED) is 0.311. The third-order valence-electron chi connectivity index (χ3n) is 7.21. The van der Waals surface area contributed by atoms with Gasteiger partial charge in [0.2, 0.25) is 0 Å². The van der Waals surface area contributed by atoms with E-state index in [0.29, 0.717) is 49.7 Å². The Bertz CT molecular complexity index is 1320. The van der Waals surface area contributed by atoms with Crippen LogP contribution in [0.3, 0.4) is 0 Å². The molecule has 1 fully saturated rings. The van der Waals surface area contributed by atoms with Crippen molar-refractivity contribution >= 4 is 27.8 Å². The SMILES string of the molecule is COc1cc(Br)c(C[C@@H]2C3CCC(=O)C=C3CCN2C(=O)Oc2ccccc2)cc1OCc1ccccc1. The molecule has 38 heavy (non-hydrogen) atoms. The number of nitrogens with zero attached hydrogens (tertiary/aromatic N) is 1. The summed E-state index contributed by atoms with van der Waals surface area (Å²) in [6, 6.07) is 22.8. The molecule has 2 aliphatic rings. The fraction of sp³-hybridized carbons (Fsp3) is 0.290. The molecule has 1 aliphatic heterocycles. The van der Waals surface area contributed by atoms with E-state index in [9.17, 15) is 9.59 Å². The van der Waals surface area contributed by atoms with Crippen molar-refractivity contribution in [3.05, 3.63) is 100 Å². The van der Waals surface area contributed by atoms with E-state index < -0.39 is 0 Å². The van der Waals surface area contributed by atoms with Crippen LogP contribution in [0.25, 0.3) is 0 Å². The van der Waals surface area contributed by atoms with E-state index in [-0.39, 0.29) is 23.8 Å². The van der Waals surface area contributed by atoms with Crippen molar-refractivity contribution in [2.45, 2.75) is 38.3 Å². The van der Waals surface area contributed by atoms with Gasteiger partial charge in [-0.25, -0.2) is 4.79 Å². The molecular formula is C31H30BrNO5. The fourth-order valence-electron chi connectivity index (χ4n) is 5.29. The van der Waals surface area contributed by atoms with E-state index in [1.165, 1.54) is 0 Å². The second-order valence-corrected chi connectivity index (χ2v) is 10.4. The summed E-state index contributed by atoms with van der Waals surface area (Å²) in [6.07, 6.45) is 3.87. The highest BCUT2D eigenvalue weighted by atomic mass is 79.9. The van der Waals surface area contributed by atoms with Crippen LogP contribution in [0.4, 0.5) is 4.79 Å². The van der Waals surface area contributed by atoms with Crippen molar-refractivity contribution in [2.75, 3.05) is 13.7 Å². The van der Waals surface area contributed by atoms with Crippen LogP contribution in [-0.4, -0.2) is 36.5 Å². The number of para-hydroxylation sites is 1. The number of likely N-dealkylation sites (tertiary alicyclic amines) is 1. The van der Waals surface area contributed by atoms with Crippen molar-refractivity contribution in [3.8, 4) is 17.2 Å². The predicted molar refractivity (Wildman–Crippen MR) is 149 cm³/mol. The van der Waals surface area contributed by atoms with E-state index in [4.69, 9.17) is 14.2 Å². The first kappa shape index (κ1) is 26.0. The van der Waals surface area contributed by atoms with Gasteiger partial charge >= 0.3 is 6.09 Å². The summed E-state index contributed by atoms with van der Waals surface area (Å²) < 4.78 is 18.4. The molecular weight excluding hydrogens is 546 g/mol.